The molecule has 0 aromatic heterocycles. The van der Waals surface area contributed by atoms with Gasteiger partial charge in [0.15, 0.2) is 0 Å². The molecule has 0 heterocycles. The second-order valence-corrected chi connectivity index (χ2v) is 5.44. The highest BCUT2D eigenvalue weighted by molar-refractivity contribution is 5.32. The van der Waals surface area contributed by atoms with E-state index in [4.69, 9.17) is 0 Å². The summed E-state index contributed by atoms with van der Waals surface area (Å²) < 4.78 is 0. The first-order valence-electron chi connectivity index (χ1n) is 6.44. The van der Waals surface area contributed by atoms with E-state index < -0.39 is 0 Å². The zero-order chi connectivity index (χ0) is 11.6. The summed E-state index contributed by atoms with van der Waals surface area (Å²) in [4.78, 5) is 0. The van der Waals surface area contributed by atoms with E-state index in [0.717, 1.165) is 19.0 Å². The number of rotatable bonds is 4. The maximum Gasteiger partial charge on any atom is 0.00828 e. The van der Waals surface area contributed by atoms with Gasteiger partial charge in [-0.15, -0.1) is 0 Å². The Morgan fingerprint density at radius 3 is 2.38 bits per heavy atom. The molecule has 1 aromatic rings. The fourth-order valence-electron chi connectivity index (χ4n) is 3.03. The van der Waals surface area contributed by atoms with E-state index in [0.29, 0.717) is 5.41 Å². The van der Waals surface area contributed by atoms with Crippen LogP contribution in [-0.2, 0) is 5.41 Å². The molecule has 0 spiro atoms. The van der Waals surface area contributed by atoms with Crippen LogP contribution in [0.15, 0.2) is 24.3 Å². The third-order valence-electron chi connectivity index (χ3n) is 3.86. The fourth-order valence-corrected chi connectivity index (χ4v) is 3.03. The number of likely N-dealkylation sites (N-methyl/N-ethyl adjacent to an activating group) is 1. The standard InChI is InChI=1S/C15H23N/c1-4-16-11-15(9-13(3)10-15)14-7-5-12(2)6-8-14/h5-8,13,16H,4,9-11H2,1-3H3. The monoisotopic (exact) mass is 217 g/mol. The van der Waals surface area contributed by atoms with Crippen molar-refractivity contribution < 1.29 is 0 Å². The molecule has 1 heteroatoms. The Morgan fingerprint density at radius 1 is 1.25 bits per heavy atom. The van der Waals surface area contributed by atoms with Crippen LogP contribution in [0.2, 0.25) is 0 Å². The molecule has 1 fully saturated rings. The SMILES string of the molecule is CCNCC1(c2ccc(C)cc2)CC(C)C1. The lowest BCUT2D eigenvalue weighted by atomic mass is 9.59. The topological polar surface area (TPSA) is 12.0 Å². The molecule has 1 aromatic carbocycles. The van der Waals surface area contributed by atoms with Crippen LogP contribution in [0.3, 0.4) is 0 Å². The third kappa shape index (κ3) is 2.15. The Labute approximate surface area is 99.3 Å². The predicted octanol–water partition coefficient (Wildman–Crippen LogP) is 3.27. The van der Waals surface area contributed by atoms with Gasteiger partial charge in [-0.1, -0.05) is 43.7 Å². The summed E-state index contributed by atoms with van der Waals surface area (Å²) in [5, 5.41) is 3.52. The Morgan fingerprint density at radius 2 is 1.88 bits per heavy atom. The van der Waals surface area contributed by atoms with E-state index in [1.165, 1.54) is 24.0 Å². The van der Waals surface area contributed by atoms with Gasteiger partial charge in [0, 0.05) is 12.0 Å². The Bertz CT molecular complexity index is 333. The van der Waals surface area contributed by atoms with Crippen molar-refractivity contribution >= 4 is 0 Å². The Kier molecular flexibility index (Phi) is 3.34. The first-order valence-corrected chi connectivity index (χ1v) is 6.44. The maximum absolute atomic E-state index is 3.52. The lowest BCUT2D eigenvalue weighted by Gasteiger charge is -2.47. The number of nitrogens with one attached hydrogen (secondary N) is 1. The van der Waals surface area contributed by atoms with Gasteiger partial charge >= 0.3 is 0 Å². The van der Waals surface area contributed by atoms with E-state index >= 15 is 0 Å². The highest BCUT2D eigenvalue weighted by Gasteiger charge is 2.42. The molecule has 0 saturated heterocycles. The van der Waals surface area contributed by atoms with Crippen LogP contribution in [0.4, 0.5) is 0 Å². The first kappa shape index (κ1) is 11.7. The molecule has 0 bridgehead atoms. The summed E-state index contributed by atoms with van der Waals surface area (Å²) in [6, 6.07) is 9.12. The van der Waals surface area contributed by atoms with Gasteiger partial charge in [-0.3, -0.25) is 0 Å². The molecule has 0 radical (unpaired) electrons. The van der Waals surface area contributed by atoms with Crippen molar-refractivity contribution in [2.75, 3.05) is 13.1 Å². The lowest BCUT2D eigenvalue weighted by Crippen LogP contribution is -2.47. The number of aryl methyl sites for hydroxylation is 1. The Balaban J connectivity index is 2.16. The van der Waals surface area contributed by atoms with E-state index in [9.17, 15) is 0 Å². The average Bonchev–Trinajstić information content (AvgIpc) is 2.24. The molecule has 1 nitrogen and oxygen atoms in total. The molecule has 0 unspecified atom stereocenters. The van der Waals surface area contributed by atoms with Crippen molar-refractivity contribution in [2.45, 2.75) is 39.0 Å². The van der Waals surface area contributed by atoms with Crippen LogP contribution < -0.4 is 5.32 Å². The molecule has 0 amide bonds. The zero-order valence-electron chi connectivity index (χ0n) is 10.7. The van der Waals surface area contributed by atoms with Gasteiger partial charge in [0.25, 0.3) is 0 Å². The minimum atomic E-state index is 0.420. The van der Waals surface area contributed by atoms with Crippen molar-refractivity contribution in [1.29, 1.82) is 0 Å². The summed E-state index contributed by atoms with van der Waals surface area (Å²) in [6.45, 7) is 8.91. The van der Waals surface area contributed by atoms with E-state index in [2.05, 4.69) is 50.4 Å². The number of hydrogen-bond acceptors (Lipinski definition) is 1. The molecular weight excluding hydrogens is 194 g/mol. The van der Waals surface area contributed by atoms with Gasteiger partial charge in [0.1, 0.15) is 0 Å². The van der Waals surface area contributed by atoms with Gasteiger partial charge in [-0.25, -0.2) is 0 Å². The van der Waals surface area contributed by atoms with Crippen LogP contribution >= 0.6 is 0 Å². The van der Waals surface area contributed by atoms with E-state index in [-0.39, 0.29) is 0 Å². The maximum atomic E-state index is 3.52. The smallest absolute Gasteiger partial charge is 0.00828 e. The van der Waals surface area contributed by atoms with Gasteiger partial charge < -0.3 is 5.32 Å². The van der Waals surface area contributed by atoms with Gasteiger partial charge in [0.05, 0.1) is 0 Å². The van der Waals surface area contributed by atoms with Crippen molar-refractivity contribution in [2.24, 2.45) is 5.92 Å². The van der Waals surface area contributed by atoms with Crippen molar-refractivity contribution in [3.63, 3.8) is 0 Å². The number of benzene rings is 1. The largest absolute Gasteiger partial charge is 0.316 e. The highest BCUT2D eigenvalue weighted by Crippen LogP contribution is 2.47. The molecule has 0 aliphatic heterocycles. The molecule has 2 rings (SSSR count). The summed E-state index contributed by atoms with van der Waals surface area (Å²) >= 11 is 0. The molecule has 88 valence electrons. The van der Waals surface area contributed by atoms with Crippen molar-refractivity contribution in [3.05, 3.63) is 35.4 Å². The first-order chi connectivity index (χ1) is 7.66. The summed E-state index contributed by atoms with van der Waals surface area (Å²) in [6.07, 6.45) is 2.67. The molecule has 1 aliphatic rings. The number of hydrogen-bond donors (Lipinski definition) is 1. The molecule has 16 heavy (non-hydrogen) atoms. The van der Waals surface area contributed by atoms with Crippen molar-refractivity contribution in [3.8, 4) is 0 Å². The van der Waals surface area contributed by atoms with E-state index in [1.54, 1.807) is 0 Å². The van der Waals surface area contributed by atoms with Crippen LogP contribution in [0.1, 0.15) is 37.8 Å². The van der Waals surface area contributed by atoms with Crippen LogP contribution in [0.5, 0.6) is 0 Å². The second kappa shape index (κ2) is 4.58. The molecule has 1 saturated carbocycles. The van der Waals surface area contributed by atoms with Gasteiger partial charge in [0.2, 0.25) is 0 Å². The average molecular weight is 217 g/mol. The van der Waals surface area contributed by atoms with Gasteiger partial charge in [-0.2, -0.15) is 0 Å². The van der Waals surface area contributed by atoms with Crippen LogP contribution in [-0.4, -0.2) is 13.1 Å². The quantitative estimate of drug-likeness (QED) is 0.816. The van der Waals surface area contributed by atoms with Crippen LogP contribution in [0, 0.1) is 12.8 Å². The highest BCUT2D eigenvalue weighted by atomic mass is 14.9. The fraction of sp³-hybridized carbons (Fsp3) is 0.600. The molecule has 0 atom stereocenters. The van der Waals surface area contributed by atoms with Crippen LogP contribution in [0.25, 0.3) is 0 Å². The second-order valence-electron chi connectivity index (χ2n) is 5.44. The Hall–Kier alpha value is -0.820. The van der Waals surface area contributed by atoms with Crippen molar-refractivity contribution in [1.82, 2.24) is 5.32 Å². The van der Waals surface area contributed by atoms with E-state index in [1.807, 2.05) is 0 Å². The normalized spacial score (nSPS) is 28.8. The molecule has 1 aliphatic carbocycles. The summed E-state index contributed by atoms with van der Waals surface area (Å²) in [7, 11) is 0. The van der Waals surface area contributed by atoms with Gasteiger partial charge in [-0.05, 0) is 37.8 Å². The lowest BCUT2D eigenvalue weighted by molar-refractivity contribution is 0.153. The third-order valence-corrected chi connectivity index (χ3v) is 3.86. The predicted molar refractivity (Wildman–Crippen MR) is 69.8 cm³/mol. The summed E-state index contributed by atoms with van der Waals surface area (Å²) in [5.41, 5.74) is 3.30. The molecular formula is C15H23N. The minimum Gasteiger partial charge on any atom is -0.316 e. The summed E-state index contributed by atoms with van der Waals surface area (Å²) in [5.74, 6) is 0.889. The zero-order valence-corrected chi connectivity index (χ0v) is 10.7. The molecule has 1 N–H and O–H groups in total. The minimum absolute atomic E-state index is 0.420.